The minimum atomic E-state index is -0.843. The number of carbonyl (C=O) groups is 4. The van der Waals surface area contributed by atoms with E-state index in [9.17, 15) is 19.2 Å². The first-order valence-electron chi connectivity index (χ1n) is 14.0. The Morgan fingerprint density at radius 2 is 1.56 bits per heavy atom. The summed E-state index contributed by atoms with van der Waals surface area (Å²) in [5.41, 5.74) is 2.83. The van der Waals surface area contributed by atoms with Crippen molar-refractivity contribution >= 4 is 23.6 Å². The second kappa shape index (κ2) is 11.2. The van der Waals surface area contributed by atoms with E-state index in [4.69, 9.17) is 0 Å². The Labute approximate surface area is 237 Å². The number of benzene rings is 3. The summed E-state index contributed by atoms with van der Waals surface area (Å²) in [6.07, 6.45) is 1.07. The molecule has 210 valence electrons. The third-order valence-electron chi connectivity index (χ3n) is 8.23. The number of hydrogen-bond acceptors (Lipinski definition) is 5. The Bertz CT molecular complexity index is 1460. The number of halogens is 1. The number of amides is 4. The van der Waals surface area contributed by atoms with E-state index < -0.39 is 23.7 Å². The molecular formula is C32H31FN4O4. The maximum Gasteiger partial charge on any atom is 0.258 e. The molecule has 1 N–H and O–H groups in total. The van der Waals surface area contributed by atoms with Crippen LogP contribution in [0.3, 0.4) is 0 Å². The molecule has 0 spiro atoms. The van der Waals surface area contributed by atoms with Gasteiger partial charge in [0.1, 0.15) is 11.9 Å². The summed E-state index contributed by atoms with van der Waals surface area (Å²) in [5.74, 6) is -2.59. The molecule has 0 bridgehead atoms. The van der Waals surface area contributed by atoms with Crippen molar-refractivity contribution in [1.29, 1.82) is 0 Å². The summed E-state index contributed by atoms with van der Waals surface area (Å²) >= 11 is 0. The predicted octanol–water partition coefficient (Wildman–Crippen LogP) is 3.52. The van der Waals surface area contributed by atoms with Gasteiger partial charge in [-0.25, -0.2) is 4.39 Å². The Morgan fingerprint density at radius 3 is 2.22 bits per heavy atom. The van der Waals surface area contributed by atoms with E-state index in [-0.39, 0.29) is 48.4 Å². The maximum atomic E-state index is 15.3. The van der Waals surface area contributed by atoms with Crippen LogP contribution in [-0.4, -0.2) is 70.5 Å². The summed E-state index contributed by atoms with van der Waals surface area (Å²) in [4.78, 5) is 56.0. The van der Waals surface area contributed by atoms with Gasteiger partial charge in [0, 0.05) is 44.7 Å². The molecule has 9 heteroatoms. The highest BCUT2D eigenvalue weighted by Crippen LogP contribution is 2.32. The van der Waals surface area contributed by atoms with Crippen molar-refractivity contribution in [1.82, 2.24) is 20.0 Å². The van der Waals surface area contributed by atoms with Gasteiger partial charge in [-0.1, -0.05) is 60.7 Å². The van der Waals surface area contributed by atoms with Crippen molar-refractivity contribution < 1.29 is 23.6 Å². The predicted molar refractivity (Wildman–Crippen MR) is 149 cm³/mol. The minimum absolute atomic E-state index is 0.0160. The van der Waals surface area contributed by atoms with E-state index in [1.165, 1.54) is 16.0 Å². The van der Waals surface area contributed by atoms with Gasteiger partial charge in [0.2, 0.25) is 11.8 Å². The van der Waals surface area contributed by atoms with Gasteiger partial charge in [0.15, 0.2) is 0 Å². The number of nitrogens with zero attached hydrogens (tertiary/aromatic N) is 3. The van der Waals surface area contributed by atoms with Crippen LogP contribution in [0.2, 0.25) is 0 Å². The molecule has 6 rings (SSSR count). The molecule has 1 unspecified atom stereocenters. The van der Waals surface area contributed by atoms with Gasteiger partial charge in [-0.05, 0) is 41.7 Å². The average Bonchev–Trinajstić information content (AvgIpc) is 3.14. The standard InChI is InChI=1S/C32H31FN4O4/c33-25-19-23(18-24-20-37(32(41)28(24)25)26-12-13-27(38)34-30(26)39)31(40)36-15-7-14-35(16-17-36)29(21-8-3-1-4-9-21)22-10-5-2-6-11-22/h1-6,8-11,18-19,26,29H,7,12-17,20H2,(H,34,38,39). The van der Waals surface area contributed by atoms with Crippen LogP contribution in [0.15, 0.2) is 72.8 Å². The van der Waals surface area contributed by atoms with Crippen LogP contribution >= 0.6 is 0 Å². The fraction of sp³-hybridized carbons (Fsp3) is 0.312. The largest absolute Gasteiger partial charge is 0.337 e. The Balaban J connectivity index is 1.19. The molecule has 4 amide bonds. The lowest BCUT2D eigenvalue weighted by Crippen LogP contribution is -2.52. The molecule has 3 heterocycles. The first kappa shape index (κ1) is 26.8. The molecule has 41 heavy (non-hydrogen) atoms. The van der Waals surface area contributed by atoms with Crippen molar-refractivity contribution in [3.8, 4) is 0 Å². The van der Waals surface area contributed by atoms with Crippen LogP contribution in [0, 0.1) is 5.82 Å². The number of piperidine rings is 1. The summed E-state index contributed by atoms with van der Waals surface area (Å²) in [6.45, 7) is 2.48. The third kappa shape index (κ3) is 5.25. The van der Waals surface area contributed by atoms with E-state index in [1.807, 2.05) is 36.4 Å². The second-order valence-corrected chi connectivity index (χ2v) is 10.8. The number of carbonyl (C=O) groups excluding carboxylic acids is 4. The average molecular weight is 555 g/mol. The molecule has 0 aromatic heterocycles. The van der Waals surface area contributed by atoms with Gasteiger partial charge in [-0.15, -0.1) is 0 Å². The molecule has 0 radical (unpaired) electrons. The third-order valence-corrected chi connectivity index (χ3v) is 8.23. The number of rotatable bonds is 5. The molecule has 8 nitrogen and oxygen atoms in total. The van der Waals surface area contributed by atoms with E-state index >= 15 is 4.39 Å². The second-order valence-electron chi connectivity index (χ2n) is 10.8. The summed E-state index contributed by atoms with van der Waals surface area (Å²) < 4.78 is 15.3. The first-order valence-corrected chi connectivity index (χ1v) is 14.0. The molecule has 0 aliphatic carbocycles. The molecular weight excluding hydrogens is 523 g/mol. The zero-order valence-electron chi connectivity index (χ0n) is 22.6. The van der Waals surface area contributed by atoms with Gasteiger partial charge in [-0.3, -0.25) is 29.4 Å². The topological polar surface area (TPSA) is 90.0 Å². The summed E-state index contributed by atoms with van der Waals surface area (Å²) in [6, 6.07) is 22.5. The fourth-order valence-corrected chi connectivity index (χ4v) is 6.25. The van der Waals surface area contributed by atoms with Gasteiger partial charge in [0.05, 0.1) is 11.6 Å². The van der Waals surface area contributed by atoms with Crippen LogP contribution in [-0.2, 0) is 16.1 Å². The molecule has 2 fully saturated rings. The lowest BCUT2D eigenvalue weighted by atomic mass is 9.97. The molecule has 3 aliphatic rings. The van der Waals surface area contributed by atoms with Crippen LogP contribution in [0.4, 0.5) is 4.39 Å². The monoisotopic (exact) mass is 554 g/mol. The molecule has 2 saturated heterocycles. The van der Waals surface area contributed by atoms with E-state index in [0.29, 0.717) is 25.2 Å². The Morgan fingerprint density at radius 1 is 0.878 bits per heavy atom. The highest BCUT2D eigenvalue weighted by atomic mass is 19.1. The van der Waals surface area contributed by atoms with E-state index in [1.54, 1.807) is 11.0 Å². The quantitative estimate of drug-likeness (QED) is 0.488. The van der Waals surface area contributed by atoms with Crippen molar-refractivity contribution in [2.75, 3.05) is 26.2 Å². The van der Waals surface area contributed by atoms with Crippen LogP contribution in [0.1, 0.15) is 62.7 Å². The van der Waals surface area contributed by atoms with Crippen molar-refractivity contribution in [3.05, 3.63) is 106 Å². The maximum absolute atomic E-state index is 15.3. The summed E-state index contributed by atoms with van der Waals surface area (Å²) in [5, 5.41) is 2.25. The van der Waals surface area contributed by atoms with Crippen molar-refractivity contribution in [3.63, 3.8) is 0 Å². The van der Waals surface area contributed by atoms with Gasteiger partial charge >= 0.3 is 0 Å². The minimum Gasteiger partial charge on any atom is -0.337 e. The van der Waals surface area contributed by atoms with Gasteiger partial charge < -0.3 is 9.80 Å². The normalized spacial score (nSPS) is 19.8. The van der Waals surface area contributed by atoms with Crippen molar-refractivity contribution in [2.24, 2.45) is 0 Å². The number of fused-ring (bicyclic) bond motifs is 1. The highest BCUT2D eigenvalue weighted by Gasteiger charge is 2.41. The Kier molecular flexibility index (Phi) is 7.36. The first-order chi connectivity index (χ1) is 19.9. The fourth-order valence-electron chi connectivity index (χ4n) is 6.25. The van der Waals surface area contributed by atoms with Crippen LogP contribution in [0.5, 0.6) is 0 Å². The van der Waals surface area contributed by atoms with Gasteiger partial charge in [-0.2, -0.15) is 0 Å². The molecule has 3 aliphatic heterocycles. The van der Waals surface area contributed by atoms with Gasteiger partial charge in [0.25, 0.3) is 11.8 Å². The van der Waals surface area contributed by atoms with Crippen LogP contribution in [0.25, 0.3) is 0 Å². The molecule has 3 aromatic rings. The SMILES string of the molecule is O=C1CCC(N2Cc3cc(C(=O)N4CCCN(C(c5ccccc5)c5ccccc5)CC4)cc(F)c3C2=O)C(=O)N1. The lowest BCUT2D eigenvalue weighted by Gasteiger charge is -2.31. The highest BCUT2D eigenvalue weighted by molar-refractivity contribution is 6.06. The smallest absolute Gasteiger partial charge is 0.258 e. The number of hydrogen-bond donors (Lipinski definition) is 1. The molecule has 0 saturated carbocycles. The molecule has 1 atom stereocenters. The summed E-state index contributed by atoms with van der Waals surface area (Å²) in [7, 11) is 0. The Hall–Kier alpha value is -4.37. The molecule has 3 aromatic carbocycles. The number of nitrogens with one attached hydrogen (secondary N) is 1. The van der Waals surface area contributed by atoms with Crippen LogP contribution < -0.4 is 5.32 Å². The zero-order chi connectivity index (χ0) is 28.5. The van der Waals surface area contributed by atoms with E-state index in [0.717, 1.165) is 19.0 Å². The number of imide groups is 1. The zero-order valence-corrected chi connectivity index (χ0v) is 22.6. The lowest BCUT2D eigenvalue weighted by molar-refractivity contribution is -0.136. The van der Waals surface area contributed by atoms with E-state index in [2.05, 4.69) is 34.5 Å². The van der Waals surface area contributed by atoms with Crippen molar-refractivity contribution in [2.45, 2.75) is 37.9 Å².